The fourth-order valence-electron chi connectivity index (χ4n) is 9.37. The average Bonchev–Trinajstić information content (AvgIpc) is 1.63. The summed E-state index contributed by atoms with van der Waals surface area (Å²) in [6, 6.07) is 33.8. The number of hydrogen-bond donors (Lipinski definition) is 5. The molecule has 10 aromatic rings. The van der Waals surface area contributed by atoms with Crippen LogP contribution in [-0.2, 0) is 46.8 Å². The van der Waals surface area contributed by atoms with E-state index in [1.165, 1.54) is 88.2 Å². The Morgan fingerprint density at radius 1 is 0.604 bits per heavy atom. The molecule has 1 fully saturated rings. The van der Waals surface area contributed by atoms with E-state index in [0.29, 0.717) is 60.6 Å². The summed E-state index contributed by atoms with van der Waals surface area (Å²) < 4.78 is 80.7. The van der Waals surface area contributed by atoms with E-state index < -0.39 is 24.2 Å². The second kappa shape index (κ2) is 49.5. The zero-order valence-corrected chi connectivity index (χ0v) is 72.8. The number of amides is 3. The molecule has 0 saturated carbocycles. The fourth-order valence-corrected chi connectivity index (χ4v) is 13.3. The molecule has 1 aliphatic heterocycles. The van der Waals surface area contributed by atoms with Crippen LogP contribution in [0.25, 0.3) is 66.6 Å². The number of alkyl halides is 3. The minimum Gasteiger partial charge on any atom is -0.381 e. The number of aromatic nitrogens is 10. The van der Waals surface area contributed by atoms with Gasteiger partial charge in [0.1, 0.15) is 64.8 Å². The van der Waals surface area contributed by atoms with Crippen molar-refractivity contribution in [3.63, 3.8) is 0 Å². The van der Waals surface area contributed by atoms with Crippen LogP contribution in [0.5, 0.6) is 0 Å². The molecule has 6 aromatic heterocycles. The number of nitrogens with zero attached hydrogens (tertiary/aromatic N) is 9. The number of pyridine rings is 1. The summed E-state index contributed by atoms with van der Waals surface area (Å²) in [4.78, 5) is 40.9. The van der Waals surface area contributed by atoms with Crippen LogP contribution >= 0.6 is 80.0 Å². The molecule has 0 spiro atoms. The highest BCUT2D eigenvalue weighted by Gasteiger charge is 2.23. The topological polar surface area (TPSA) is 239 Å². The highest BCUT2D eigenvalue weighted by atomic mass is 127. The normalized spacial score (nSPS) is 11.4. The average molecular weight is 1870 g/mol. The molecule has 7 heterocycles. The summed E-state index contributed by atoms with van der Waals surface area (Å²) in [6.45, 7) is 41.0. The molecule has 1 saturated heterocycles. The van der Waals surface area contributed by atoms with Gasteiger partial charge in [-0.2, -0.15) is 20.4 Å². The third-order valence-electron chi connectivity index (χ3n) is 15.0. The lowest BCUT2D eigenvalue weighted by Gasteiger charge is -2.15. The second-order valence-electron chi connectivity index (χ2n) is 28.1. The Morgan fingerprint density at radius 3 is 1.48 bits per heavy atom. The first-order chi connectivity index (χ1) is 51.0. The van der Waals surface area contributed by atoms with Gasteiger partial charge in [-0.25, -0.2) is 36.3 Å². The number of benzene rings is 4. The molecule has 5 N–H and O–H groups in total. The van der Waals surface area contributed by atoms with E-state index in [1.54, 1.807) is 76.8 Å². The van der Waals surface area contributed by atoms with Gasteiger partial charge >= 0.3 is 0 Å². The van der Waals surface area contributed by atoms with Gasteiger partial charge in [-0.15, -0.1) is 23.2 Å². The Balaban J connectivity index is 0.000000474. The van der Waals surface area contributed by atoms with E-state index in [-0.39, 0.29) is 74.8 Å². The Labute approximate surface area is 696 Å². The van der Waals surface area contributed by atoms with Crippen LogP contribution < -0.4 is 16.0 Å². The molecule has 0 unspecified atom stereocenters. The number of H-pyrrole nitrogens is 2. The zero-order chi connectivity index (χ0) is 79.9. The fraction of sp³-hybridized carbons (Fsp3) is 0.397. The lowest BCUT2D eigenvalue weighted by molar-refractivity contribution is -0.115. The summed E-state index contributed by atoms with van der Waals surface area (Å²) >= 11 is 19.6. The van der Waals surface area contributed by atoms with E-state index in [9.17, 15) is 31.9 Å². The van der Waals surface area contributed by atoms with Gasteiger partial charge < -0.3 is 39.7 Å². The van der Waals surface area contributed by atoms with Crippen LogP contribution in [0.4, 0.5) is 40.8 Å². The van der Waals surface area contributed by atoms with Gasteiger partial charge in [0, 0.05) is 124 Å². The van der Waals surface area contributed by atoms with Crippen LogP contribution in [0, 0.1) is 43.9 Å². The van der Waals surface area contributed by atoms with Crippen molar-refractivity contribution >= 4 is 151 Å². The number of rotatable bonds is 22. The van der Waals surface area contributed by atoms with Crippen molar-refractivity contribution in [1.82, 2.24) is 49.3 Å². The van der Waals surface area contributed by atoms with Gasteiger partial charge in [0.05, 0.1) is 30.9 Å². The van der Waals surface area contributed by atoms with Crippen molar-refractivity contribution in [2.75, 3.05) is 55.1 Å². The summed E-state index contributed by atoms with van der Waals surface area (Å²) in [6.07, 6.45) is 6.03. The summed E-state index contributed by atoms with van der Waals surface area (Å²) in [5, 5.41) is 30.8. The largest absolute Gasteiger partial charge is 0.381 e. The molecule has 4 aromatic carbocycles. The maximum absolute atomic E-state index is 13.6. The molecule has 0 radical (unpaired) electrons. The van der Waals surface area contributed by atoms with Crippen molar-refractivity contribution in [2.45, 2.75) is 165 Å². The first-order valence-electron chi connectivity index (χ1n) is 34.5. The number of hydrogen-bond acceptors (Lipinski definition) is 12. The Bertz CT molecular complexity index is 4470. The minimum atomic E-state index is -1.18. The van der Waals surface area contributed by atoms with Gasteiger partial charge in [-0.1, -0.05) is 99.4 Å². The third-order valence-corrected chi connectivity index (χ3v) is 22.4. The number of halogens is 9. The van der Waals surface area contributed by atoms with Crippen LogP contribution in [0.3, 0.4) is 0 Å². The highest BCUT2D eigenvalue weighted by molar-refractivity contribution is 14.1. The van der Waals surface area contributed by atoms with Gasteiger partial charge in [0.2, 0.25) is 23.4 Å². The SMILES string of the molecule is C.C.C.C1CCOC1.CC(=O)Nc1c(I)c(-c2ccc(F)cc2)nn1COCC[Si](C)(C)C.CC(=O)Nc1cc(-c2ccc(F)cc2)[nH]n1.CC(=O)Nc1n[nH]c(-c2ccc(F)cc2)c1I.CC(Cl)Cl.C[Si](C)(C)CCOCCl.[C-]#[N+]c1cnc2ccc(-c3c(-c4ccc(F)cc4)nn(COCC[Si](C)(C)C)c3C)cn12. The predicted molar refractivity (Wildman–Crippen MR) is 471 cm³/mol. The highest BCUT2D eigenvalue weighted by Crippen LogP contribution is 2.37. The predicted octanol–water partition coefficient (Wildman–Crippen LogP) is 22.7. The van der Waals surface area contributed by atoms with E-state index in [4.69, 9.17) is 65.4 Å². The quantitative estimate of drug-likeness (QED) is 0.0106. The van der Waals surface area contributed by atoms with Crippen molar-refractivity contribution in [1.29, 1.82) is 0 Å². The molecular weight excluding hydrogens is 1770 g/mol. The molecular formula is C78H107Cl3F4I2N14O7Si3. The monoisotopic (exact) mass is 1870 g/mol. The van der Waals surface area contributed by atoms with Crippen LogP contribution in [0.1, 0.15) is 68.5 Å². The Kier molecular flexibility index (Phi) is 44.5. The minimum absolute atomic E-state index is 0. The number of fused-ring (bicyclic) bond motifs is 1. The van der Waals surface area contributed by atoms with E-state index >= 15 is 0 Å². The van der Waals surface area contributed by atoms with Gasteiger partial charge in [-0.3, -0.25) is 24.6 Å². The van der Waals surface area contributed by atoms with Crippen molar-refractivity contribution in [3.05, 3.63) is 175 Å². The van der Waals surface area contributed by atoms with Crippen LogP contribution in [0.15, 0.2) is 128 Å². The second-order valence-corrected chi connectivity index (χ2v) is 48.8. The molecule has 0 aliphatic carbocycles. The molecule has 33 heteroatoms. The number of imidazole rings is 1. The number of carbonyl (C=O) groups is 3. The Morgan fingerprint density at radius 2 is 1.04 bits per heavy atom. The first kappa shape index (κ1) is 99.9. The van der Waals surface area contributed by atoms with E-state index in [0.717, 1.165) is 95.2 Å². The molecule has 1 aliphatic rings. The lowest BCUT2D eigenvalue weighted by Crippen LogP contribution is -2.22. The standard InChI is InChI=1S/C24H26FN5OSi.C17H23FIN3O2Si.C11H9FIN3O.C11H10FN3O.C6H15ClOSi.C4H8O.C2H4Cl2.3CH4/c1-17-23(19-8-11-21-27-14-22(26-2)29(21)15-19)24(18-6-9-20(25)10-7-18)28-30(17)16-31-12-13-32(3,4)5;1-12(23)20-17-15(19)16(13-5-7-14(18)8-6-13)21-22(17)11-24-9-10-25(2,3)4;1-6(17)14-11-9(13)10(15-16-11)7-2-4-8(12)5-3-7;1-7(16)13-11-6-10(14-15-11)8-2-4-9(12)5-3-8;1-9(2,3)5-4-8-6-7;1-2-4-5-3-1;1-2(3)4;;;/h6-11,14-15H,12-13,16H2,1,3-5H3;5-8H,9-11H2,1-4H3,(H,20,23);2-5H,1H3,(H2,14,15,16,17);2-6H,1H3,(H2,13,14,15,16);4-6H2,1-3H3;1-4H2;2H,1H3;3*1H4. The molecule has 21 nitrogen and oxygen atoms in total. The number of aromatic amines is 2. The summed E-state index contributed by atoms with van der Waals surface area (Å²) in [7, 11) is -3.22. The number of ether oxygens (including phenoxy) is 4. The van der Waals surface area contributed by atoms with Crippen molar-refractivity contribution < 1.29 is 50.9 Å². The van der Waals surface area contributed by atoms with Gasteiger partial charge in [-0.05, 0) is 199 Å². The van der Waals surface area contributed by atoms with Crippen molar-refractivity contribution in [2.24, 2.45) is 0 Å². The van der Waals surface area contributed by atoms with Gasteiger partial charge in [0.15, 0.2) is 11.6 Å². The Hall–Kier alpha value is -7.15. The summed E-state index contributed by atoms with van der Waals surface area (Å²) in [5.41, 5.74) is 9.66. The number of carbonyl (C=O) groups excluding carboxylic acids is 3. The number of nitrogens with one attached hydrogen (secondary N) is 5. The van der Waals surface area contributed by atoms with Crippen molar-refractivity contribution in [3.8, 4) is 56.2 Å². The molecule has 606 valence electrons. The molecule has 0 atom stereocenters. The van der Waals surface area contributed by atoms with E-state index in [2.05, 4.69) is 155 Å². The third kappa shape index (κ3) is 36.3. The first-order valence-corrected chi connectivity index (χ1v) is 49.1. The van der Waals surface area contributed by atoms with Crippen LogP contribution in [-0.4, -0.2) is 135 Å². The lowest BCUT2D eigenvalue weighted by atomic mass is 10.0. The summed E-state index contributed by atoms with van der Waals surface area (Å²) in [5.74, 6) is 0.284. The maximum Gasteiger partial charge on any atom is 0.254 e. The number of anilines is 3. The van der Waals surface area contributed by atoms with Crippen LogP contribution in [0.2, 0.25) is 77.1 Å². The molecule has 11 rings (SSSR count). The molecule has 3 amide bonds. The molecule has 111 heavy (non-hydrogen) atoms. The zero-order valence-electron chi connectivity index (χ0n) is 63.2. The van der Waals surface area contributed by atoms with E-state index in [1.807, 2.05) is 29.9 Å². The maximum atomic E-state index is 13.6. The van der Waals surface area contributed by atoms with Gasteiger partial charge in [0.25, 0.3) is 5.82 Å². The molecule has 0 bridgehead atoms. The smallest absolute Gasteiger partial charge is 0.254 e.